The van der Waals surface area contributed by atoms with E-state index in [0.717, 1.165) is 24.9 Å². The number of nitrogens with zero attached hydrogens (tertiary/aromatic N) is 1. The Balaban J connectivity index is 1.49. The van der Waals surface area contributed by atoms with Crippen LogP contribution in [0.25, 0.3) is 0 Å². The predicted octanol–water partition coefficient (Wildman–Crippen LogP) is 4.70. The molecule has 2 atom stereocenters. The molecule has 2 heterocycles. The highest BCUT2D eigenvalue weighted by atomic mass is 16.1. The number of fused-ring (bicyclic) bond motifs is 2. The predicted molar refractivity (Wildman–Crippen MR) is 96.9 cm³/mol. The first kappa shape index (κ1) is 15.6. The number of hydrogen-bond acceptors (Lipinski definition) is 2. The minimum atomic E-state index is 0.203. The average molecular weight is 319 g/mol. The van der Waals surface area contributed by atoms with E-state index < -0.39 is 0 Å². The number of benzene rings is 2. The number of rotatable bonds is 4. The molecule has 2 fully saturated rings. The summed E-state index contributed by atoms with van der Waals surface area (Å²) in [7, 11) is 0. The Morgan fingerprint density at radius 1 is 0.875 bits per heavy atom. The summed E-state index contributed by atoms with van der Waals surface area (Å²) in [6.07, 6.45) is 5.84. The first-order valence-electron chi connectivity index (χ1n) is 9.20. The number of carbonyl (C=O) groups excluding carboxylic acids is 1. The Morgan fingerprint density at radius 3 is 2.08 bits per heavy atom. The van der Waals surface area contributed by atoms with Crippen LogP contribution in [0.1, 0.15) is 48.0 Å². The maximum absolute atomic E-state index is 12.9. The van der Waals surface area contributed by atoms with Crippen LogP contribution in [0.2, 0.25) is 0 Å². The summed E-state index contributed by atoms with van der Waals surface area (Å²) in [4.78, 5) is 15.6. The van der Waals surface area contributed by atoms with Gasteiger partial charge in [0.25, 0.3) is 0 Å². The molecule has 124 valence electrons. The van der Waals surface area contributed by atoms with E-state index in [2.05, 4.69) is 35.2 Å². The van der Waals surface area contributed by atoms with Gasteiger partial charge in [-0.15, -0.1) is 0 Å². The normalized spacial score (nSPS) is 26.9. The fourth-order valence-corrected chi connectivity index (χ4v) is 4.58. The molecule has 2 nitrogen and oxygen atoms in total. The van der Waals surface area contributed by atoms with Gasteiger partial charge in [0.1, 0.15) is 0 Å². The second kappa shape index (κ2) is 6.90. The summed E-state index contributed by atoms with van der Waals surface area (Å²) in [6.45, 7) is 1.03. The van der Waals surface area contributed by atoms with Crippen LogP contribution in [0, 0.1) is 5.92 Å². The smallest absolute Gasteiger partial charge is 0.166 e. The highest BCUT2D eigenvalue weighted by Gasteiger charge is 2.40. The molecule has 0 radical (unpaired) electrons. The second-order valence-corrected chi connectivity index (χ2v) is 7.30. The molecule has 2 aromatic rings. The van der Waals surface area contributed by atoms with Gasteiger partial charge in [-0.05, 0) is 31.2 Å². The summed E-state index contributed by atoms with van der Waals surface area (Å²) in [5, 5.41) is 0. The number of Topliss-reactive ketones (excluding diaryl/α,β-unsaturated/α-hetero) is 1. The lowest BCUT2D eigenvalue weighted by Crippen LogP contribution is -2.52. The number of piperidine rings is 2. The molecule has 2 aromatic carbocycles. The first-order chi connectivity index (χ1) is 11.8. The average Bonchev–Trinajstić information content (AvgIpc) is 2.62. The molecule has 4 rings (SSSR count). The van der Waals surface area contributed by atoms with Crippen LogP contribution < -0.4 is 0 Å². The van der Waals surface area contributed by atoms with Gasteiger partial charge >= 0.3 is 0 Å². The zero-order valence-electron chi connectivity index (χ0n) is 14.1. The van der Waals surface area contributed by atoms with Gasteiger partial charge in [0, 0.05) is 30.1 Å². The van der Waals surface area contributed by atoms with Crippen LogP contribution in [0.15, 0.2) is 60.7 Å². The molecule has 0 aliphatic carbocycles. The SMILES string of the molecule is O=C(c1ccccc1)C1CC2CCCC(C1)N2Cc1ccccc1. The van der Waals surface area contributed by atoms with Gasteiger partial charge in [-0.25, -0.2) is 0 Å². The van der Waals surface area contributed by atoms with Crippen LogP contribution in [0.4, 0.5) is 0 Å². The third kappa shape index (κ3) is 3.16. The van der Waals surface area contributed by atoms with Crippen molar-refractivity contribution >= 4 is 5.78 Å². The Hall–Kier alpha value is -1.93. The van der Waals surface area contributed by atoms with E-state index in [0.29, 0.717) is 17.9 Å². The molecule has 2 unspecified atom stereocenters. The van der Waals surface area contributed by atoms with Crippen molar-refractivity contribution in [3.05, 3.63) is 71.8 Å². The lowest BCUT2D eigenvalue weighted by Gasteiger charge is -2.48. The molecule has 0 aromatic heterocycles. The van der Waals surface area contributed by atoms with E-state index >= 15 is 0 Å². The third-order valence-corrected chi connectivity index (χ3v) is 5.76. The highest BCUT2D eigenvalue weighted by Crippen LogP contribution is 2.39. The van der Waals surface area contributed by atoms with Crippen LogP contribution in [0.5, 0.6) is 0 Å². The van der Waals surface area contributed by atoms with Gasteiger partial charge < -0.3 is 0 Å². The molecule has 0 spiro atoms. The van der Waals surface area contributed by atoms with Gasteiger partial charge in [0.15, 0.2) is 5.78 Å². The van der Waals surface area contributed by atoms with Crippen LogP contribution >= 0.6 is 0 Å². The third-order valence-electron chi connectivity index (χ3n) is 5.76. The molecule has 2 saturated heterocycles. The van der Waals surface area contributed by atoms with Crippen molar-refractivity contribution in [3.8, 4) is 0 Å². The summed E-state index contributed by atoms with van der Waals surface area (Å²) in [5.41, 5.74) is 2.28. The van der Waals surface area contributed by atoms with E-state index in [1.165, 1.54) is 24.8 Å². The van der Waals surface area contributed by atoms with Crippen molar-refractivity contribution in [3.63, 3.8) is 0 Å². The molecule has 2 aliphatic heterocycles. The fourth-order valence-electron chi connectivity index (χ4n) is 4.58. The quantitative estimate of drug-likeness (QED) is 0.761. The first-order valence-corrected chi connectivity index (χ1v) is 9.20. The van der Waals surface area contributed by atoms with E-state index in [-0.39, 0.29) is 5.92 Å². The zero-order valence-corrected chi connectivity index (χ0v) is 14.1. The van der Waals surface area contributed by atoms with Crippen molar-refractivity contribution in [1.29, 1.82) is 0 Å². The number of hydrogen-bond donors (Lipinski definition) is 0. The van der Waals surface area contributed by atoms with Crippen LogP contribution in [-0.4, -0.2) is 22.8 Å². The topological polar surface area (TPSA) is 20.3 Å². The Kier molecular flexibility index (Phi) is 4.48. The standard InChI is InChI=1S/C22H25NO/c24-22(18-10-5-2-6-11-18)19-14-20-12-7-13-21(15-19)23(20)16-17-8-3-1-4-9-17/h1-6,8-11,19-21H,7,12-16H2. The Bertz CT molecular complexity index is 668. The molecular formula is C22H25NO. The molecule has 0 amide bonds. The largest absolute Gasteiger partial charge is 0.294 e. The van der Waals surface area contributed by atoms with E-state index in [1.54, 1.807) is 0 Å². The summed E-state index contributed by atoms with van der Waals surface area (Å²) < 4.78 is 0. The lowest BCUT2D eigenvalue weighted by molar-refractivity contribution is 0.00906. The summed E-state index contributed by atoms with van der Waals surface area (Å²) in [6, 6.07) is 21.7. The zero-order chi connectivity index (χ0) is 16.4. The van der Waals surface area contributed by atoms with Crippen molar-refractivity contribution < 1.29 is 4.79 Å². The molecule has 2 bridgehead atoms. The summed E-state index contributed by atoms with van der Waals surface area (Å²) >= 11 is 0. The molecular weight excluding hydrogens is 294 g/mol. The van der Waals surface area contributed by atoms with Crippen molar-refractivity contribution in [2.75, 3.05) is 0 Å². The Labute approximate surface area is 144 Å². The van der Waals surface area contributed by atoms with Gasteiger partial charge in [-0.1, -0.05) is 67.1 Å². The minimum absolute atomic E-state index is 0.203. The van der Waals surface area contributed by atoms with Gasteiger partial charge in [-0.3, -0.25) is 9.69 Å². The molecule has 0 N–H and O–H groups in total. The molecule has 2 aliphatic rings. The Morgan fingerprint density at radius 2 is 1.46 bits per heavy atom. The maximum atomic E-state index is 12.9. The number of ketones is 1. The lowest BCUT2D eigenvalue weighted by atomic mass is 9.75. The summed E-state index contributed by atoms with van der Waals surface area (Å²) in [5.74, 6) is 0.557. The monoisotopic (exact) mass is 319 g/mol. The van der Waals surface area contributed by atoms with Crippen LogP contribution in [-0.2, 0) is 6.54 Å². The van der Waals surface area contributed by atoms with Gasteiger partial charge in [-0.2, -0.15) is 0 Å². The van der Waals surface area contributed by atoms with Gasteiger partial charge in [0.05, 0.1) is 0 Å². The van der Waals surface area contributed by atoms with E-state index in [1.807, 2.05) is 30.3 Å². The van der Waals surface area contributed by atoms with E-state index in [9.17, 15) is 4.79 Å². The highest BCUT2D eigenvalue weighted by molar-refractivity contribution is 5.97. The van der Waals surface area contributed by atoms with E-state index in [4.69, 9.17) is 0 Å². The number of carbonyl (C=O) groups is 1. The maximum Gasteiger partial charge on any atom is 0.166 e. The minimum Gasteiger partial charge on any atom is -0.294 e. The van der Waals surface area contributed by atoms with Crippen molar-refractivity contribution in [2.24, 2.45) is 5.92 Å². The van der Waals surface area contributed by atoms with Crippen molar-refractivity contribution in [1.82, 2.24) is 4.90 Å². The molecule has 24 heavy (non-hydrogen) atoms. The fraction of sp³-hybridized carbons (Fsp3) is 0.409. The second-order valence-electron chi connectivity index (χ2n) is 7.30. The van der Waals surface area contributed by atoms with Gasteiger partial charge in [0.2, 0.25) is 0 Å². The van der Waals surface area contributed by atoms with Crippen molar-refractivity contribution in [2.45, 2.75) is 50.7 Å². The van der Waals surface area contributed by atoms with Crippen LogP contribution in [0.3, 0.4) is 0 Å². The molecule has 2 heteroatoms. The molecule has 0 saturated carbocycles.